The minimum Gasteiger partial charge on any atom is 0 e. The molecule has 0 bridgehead atoms. The zero-order valence-corrected chi connectivity index (χ0v) is 5.56. The molecule has 17 valence electrons. The van der Waals surface area contributed by atoms with Gasteiger partial charge < -0.3 is 0 Å². The molecule has 0 aliphatic heterocycles. The van der Waals surface area contributed by atoms with E-state index in [-0.39, 0.29) is 58.7 Å². The molecular formula is HBKO2. The van der Waals surface area contributed by atoms with Crippen molar-refractivity contribution in [2.45, 2.75) is 0 Å². The molecule has 4 heavy (non-hydrogen) atoms. The van der Waals surface area contributed by atoms with Gasteiger partial charge in [0.05, 0.1) is 0 Å². The van der Waals surface area contributed by atoms with Crippen molar-refractivity contribution in [1.29, 1.82) is 0 Å². The summed E-state index contributed by atoms with van der Waals surface area (Å²) in [6.45, 7) is 0. The molecule has 0 saturated heterocycles. The van der Waals surface area contributed by atoms with E-state index in [1.54, 1.807) is 0 Å². The second-order valence-corrected chi connectivity index (χ2v) is 0.105. The summed E-state index contributed by atoms with van der Waals surface area (Å²) in [4.78, 5) is 0. The van der Waals surface area contributed by atoms with Gasteiger partial charge in [-0.1, -0.05) is 0 Å². The zero-order chi connectivity index (χ0) is 2.71. The second kappa shape index (κ2) is 8.85. The predicted molar refractivity (Wildman–Crippen MR) is 14.4 cm³/mol. The van der Waals surface area contributed by atoms with Gasteiger partial charge in [0.2, 0.25) is 0 Å². The van der Waals surface area contributed by atoms with E-state index in [4.69, 9.17) is 9.73 Å². The molecule has 0 fully saturated rings. The molecule has 0 aliphatic carbocycles. The third kappa shape index (κ3) is 10.3. The van der Waals surface area contributed by atoms with Crippen LogP contribution >= 0.6 is 0 Å². The summed E-state index contributed by atoms with van der Waals surface area (Å²) in [5.41, 5.74) is 0. The van der Waals surface area contributed by atoms with Crippen LogP contribution < -0.4 is 0 Å². The monoisotopic (exact) mass is 83.0 g/mol. The molecule has 0 saturated carbocycles. The maximum atomic E-state index is 8.36. The predicted octanol–water partition coefficient (Wildman–Crippen LogP) is -1.44. The second-order valence-electron chi connectivity index (χ2n) is 0.105. The van der Waals surface area contributed by atoms with Crippen LogP contribution in [0.5, 0.6) is 0 Å². The fraction of sp³-hybridized carbons (Fsp3) is 0. The fourth-order valence-electron chi connectivity index (χ4n) is 0. The van der Waals surface area contributed by atoms with Crippen molar-refractivity contribution in [3.05, 3.63) is 0 Å². The summed E-state index contributed by atoms with van der Waals surface area (Å²) >= 11 is 0. The third-order valence-corrected chi connectivity index (χ3v) is 0. The van der Waals surface area contributed by atoms with Crippen LogP contribution in [-0.2, 0) is 4.70 Å². The molecule has 0 atom stereocenters. The van der Waals surface area contributed by atoms with Gasteiger partial charge in [0.25, 0.3) is 0 Å². The first-order chi connectivity index (χ1) is 1.41. The van der Waals surface area contributed by atoms with Crippen molar-refractivity contribution >= 4 is 58.7 Å². The van der Waals surface area contributed by atoms with Gasteiger partial charge in [0.1, 0.15) is 0 Å². The molecule has 0 aliphatic rings. The van der Waals surface area contributed by atoms with Crippen molar-refractivity contribution in [2.24, 2.45) is 0 Å². The van der Waals surface area contributed by atoms with Gasteiger partial charge in [-0.05, 0) is 0 Å². The first kappa shape index (κ1) is 9.00. The Kier molecular flexibility index (Phi) is 19.9. The fourth-order valence-corrected chi connectivity index (χ4v) is 0. The van der Waals surface area contributed by atoms with Crippen LogP contribution in [0.25, 0.3) is 0 Å². The first-order valence-corrected chi connectivity index (χ1v) is 0.494. The Morgan fingerprint density at radius 2 is 1.75 bits per heavy atom. The number of hydrogen-bond donors (Lipinski definition) is 1. The van der Waals surface area contributed by atoms with Gasteiger partial charge in [-0.2, -0.15) is 0 Å². The van der Waals surface area contributed by atoms with Gasteiger partial charge in [-0.25, -0.2) is 0 Å². The smallest absolute Gasteiger partial charge is 0 e. The van der Waals surface area contributed by atoms with E-state index in [1.165, 1.54) is 0 Å². The Morgan fingerprint density at radius 3 is 1.75 bits per heavy atom. The minimum absolute atomic E-state index is 0. The Hall–Kier alpha value is 1.30. The minimum atomic E-state index is -0.250. The van der Waals surface area contributed by atoms with E-state index in [1.807, 2.05) is 0 Å². The molecule has 4 heteroatoms. The van der Waals surface area contributed by atoms with Crippen LogP contribution in [0.4, 0.5) is 0 Å². The van der Waals surface area contributed by atoms with Crippen molar-refractivity contribution in [3.8, 4) is 0 Å². The van der Waals surface area contributed by atoms with E-state index in [0.29, 0.717) is 0 Å². The van der Waals surface area contributed by atoms with Crippen molar-refractivity contribution in [3.63, 3.8) is 0 Å². The summed E-state index contributed by atoms with van der Waals surface area (Å²) in [7, 11) is -0.250. The normalized spacial score (nSPS) is 2.00. The van der Waals surface area contributed by atoms with Gasteiger partial charge in [0, 0.05) is 51.4 Å². The van der Waals surface area contributed by atoms with E-state index in [9.17, 15) is 0 Å². The summed E-state index contributed by atoms with van der Waals surface area (Å²) < 4.78 is 8.36. The van der Waals surface area contributed by atoms with Crippen molar-refractivity contribution < 1.29 is 9.73 Å². The largest absolute Gasteiger partial charge is 0 e. The Morgan fingerprint density at radius 1 is 1.75 bits per heavy atom. The molecule has 0 aromatic rings. The molecule has 0 unspecified atom stereocenters. The van der Waals surface area contributed by atoms with E-state index in [0.717, 1.165) is 0 Å². The van der Waals surface area contributed by atoms with Crippen LogP contribution in [0.3, 0.4) is 0 Å². The van der Waals surface area contributed by atoms with Crippen molar-refractivity contribution in [2.75, 3.05) is 0 Å². The summed E-state index contributed by atoms with van der Waals surface area (Å²) in [5.74, 6) is 0. The van der Waals surface area contributed by atoms with Crippen LogP contribution in [0, 0.1) is 0 Å². The van der Waals surface area contributed by atoms with Crippen LogP contribution in [0.2, 0.25) is 0 Å². The van der Waals surface area contributed by atoms with Crippen LogP contribution in [0.1, 0.15) is 0 Å². The van der Waals surface area contributed by atoms with Crippen LogP contribution in [0.15, 0.2) is 0 Å². The molecule has 0 spiro atoms. The van der Waals surface area contributed by atoms with E-state index < -0.39 is 0 Å². The molecular weight excluding hydrogens is 81.9 g/mol. The van der Waals surface area contributed by atoms with E-state index in [2.05, 4.69) is 0 Å². The third-order valence-electron chi connectivity index (χ3n) is 0. The van der Waals surface area contributed by atoms with Gasteiger partial charge in [-0.3, -0.25) is 0 Å². The zero-order valence-electron chi connectivity index (χ0n) is 2.43. The maximum absolute atomic E-state index is 8.36. The quantitative estimate of drug-likeness (QED) is 0.364. The van der Waals surface area contributed by atoms with Gasteiger partial charge in [0.15, 0.2) is 0 Å². The SMILES string of the molecule is O=BO.[K]. The summed E-state index contributed by atoms with van der Waals surface area (Å²) in [6, 6.07) is 0. The average molecular weight is 82.9 g/mol. The molecule has 1 radical (unpaired) electrons. The number of hydrogen-bond acceptors (Lipinski definition) is 1. The summed E-state index contributed by atoms with van der Waals surface area (Å²) in [6.07, 6.45) is 0. The maximum Gasteiger partial charge on any atom is 0 e. The molecule has 0 aromatic carbocycles. The number of rotatable bonds is 0. The molecule has 2 nitrogen and oxygen atoms in total. The summed E-state index contributed by atoms with van der Waals surface area (Å²) in [5, 5.41) is 6.89. The van der Waals surface area contributed by atoms with E-state index >= 15 is 0 Å². The Balaban J connectivity index is 0. The Labute approximate surface area is 67.3 Å². The standard InChI is InChI=1S/BHO2.K/c2-1-3;/h2H;. The molecule has 0 rings (SSSR count). The molecule has 0 heterocycles. The topological polar surface area (TPSA) is 37.3 Å². The van der Waals surface area contributed by atoms with Gasteiger partial charge in [-0.15, -0.1) is 0 Å². The van der Waals surface area contributed by atoms with Gasteiger partial charge >= 0.3 is 17.1 Å². The first-order valence-electron chi connectivity index (χ1n) is 0.494. The average Bonchev–Trinajstić information content (AvgIpc) is 0.918. The molecule has 0 aromatic heterocycles. The van der Waals surface area contributed by atoms with Crippen molar-refractivity contribution in [1.82, 2.24) is 0 Å². The molecule has 1 N–H and O–H groups in total. The Bertz CT molecular complexity index is 13.5. The molecule has 0 amide bonds. The van der Waals surface area contributed by atoms with Crippen LogP contribution in [-0.4, -0.2) is 63.8 Å².